The first kappa shape index (κ1) is 15.5. The van der Waals surface area contributed by atoms with E-state index in [0.29, 0.717) is 12.0 Å². The van der Waals surface area contributed by atoms with Crippen LogP contribution in [0.15, 0.2) is 24.3 Å². The molecule has 2 aliphatic rings. The summed E-state index contributed by atoms with van der Waals surface area (Å²) in [4.78, 5) is 2.48. The van der Waals surface area contributed by atoms with Gasteiger partial charge in [0.25, 0.3) is 0 Å². The number of rotatable bonds is 4. The predicted molar refractivity (Wildman–Crippen MR) is 80.1 cm³/mol. The van der Waals surface area contributed by atoms with Crippen molar-refractivity contribution in [2.75, 3.05) is 39.3 Å². The van der Waals surface area contributed by atoms with Crippen molar-refractivity contribution in [3.63, 3.8) is 0 Å². The molecule has 1 spiro atoms. The van der Waals surface area contributed by atoms with E-state index < -0.39 is 0 Å². The minimum atomic E-state index is -0.220. The molecule has 0 radical (unpaired) electrons. The molecule has 2 saturated heterocycles. The normalized spacial score (nSPS) is 25.9. The Balaban J connectivity index is 0.00000147. The third-order valence-corrected chi connectivity index (χ3v) is 4.34. The van der Waals surface area contributed by atoms with Crippen molar-refractivity contribution < 1.29 is 9.13 Å². The highest BCUT2D eigenvalue weighted by atomic mass is 35.5. The van der Waals surface area contributed by atoms with Crippen molar-refractivity contribution in [1.29, 1.82) is 0 Å². The van der Waals surface area contributed by atoms with Crippen LogP contribution in [-0.2, 0) is 0 Å². The Hall–Kier alpha value is -0.840. The Labute approximate surface area is 125 Å². The first-order valence-electron chi connectivity index (χ1n) is 7.07. The average molecular weight is 301 g/mol. The molecule has 20 heavy (non-hydrogen) atoms. The lowest BCUT2D eigenvalue weighted by molar-refractivity contribution is 0.217. The summed E-state index contributed by atoms with van der Waals surface area (Å²) in [6.45, 7) is 6.33. The van der Waals surface area contributed by atoms with Gasteiger partial charge in [-0.3, -0.25) is 4.90 Å². The van der Waals surface area contributed by atoms with Gasteiger partial charge in [0, 0.05) is 19.6 Å². The molecule has 0 saturated carbocycles. The van der Waals surface area contributed by atoms with Crippen molar-refractivity contribution >= 4 is 12.4 Å². The topological polar surface area (TPSA) is 24.5 Å². The smallest absolute Gasteiger partial charge is 0.123 e. The Morgan fingerprint density at radius 2 is 2.05 bits per heavy atom. The molecule has 2 fully saturated rings. The fourth-order valence-corrected chi connectivity index (χ4v) is 3.19. The van der Waals surface area contributed by atoms with Gasteiger partial charge in [-0.25, -0.2) is 4.39 Å². The van der Waals surface area contributed by atoms with Crippen molar-refractivity contribution in [2.24, 2.45) is 5.41 Å². The van der Waals surface area contributed by atoms with Gasteiger partial charge in [-0.05, 0) is 55.6 Å². The second-order valence-electron chi connectivity index (χ2n) is 5.76. The van der Waals surface area contributed by atoms with Crippen molar-refractivity contribution in [3.8, 4) is 5.75 Å². The quantitative estimate of drug-likeness (QED) is 0.923. The zero-order chi connectivity index (χ0) is 13.1. The highest BCUT2D eigenvalue weighted by Gasteiger charge is 2.39. The van der Waals surface area contributed by atoms with Gasteiger partial charge in [-0.1, -0.05) is 0 Å². The molecule has 1 unspecified atom stereocenters. The van der Waals surface area contributed by atoms with E-state index in [2.05, 4.69) is 10.2 Å². The van der Waals surface area contributed by atoms with Crippen LogP contribution in [0.25, 0.3) is 0 Å². The summed E-state index contributed by atoms with van der Waals surface area (Å²) in [5, 5.41) is 3.47. The van der Waals surface area contributed by atoms with Gasteiger partial charge in [-0.2, -0.15) is 0 Å². The summed E-state index contributed by atoms with van der Waals surface area (Å²) in [5.41, 5.74) is 0.524. The number of nitrogens with zero attached hydrogens (tertiary/aromatic N) is 1. The summed E-state index contributed by atoms with van der Waals surface area (Å²) < 4.78 is 18.4. The molecule has 1 atom stereocenters. The highest BCUT2D eigenvalue weighted by Crippen LogP contribution is 2.35. The Kier molecular flexibility index (Phi) is 5.24. The number of ether oxygens (including phenoxy) is 1. The third kappa shape index (κ3) is 3.62. The second-order valence-corrected chi connectivity index (χ2v) is 5.76. The Bertz CT molecular complexity index is 420. The number of hydrogen-bond donors (Lipinski definition) is 1. The zero-order valence-corrected chi connectivity index (χ0v) is 12.4. The van der Waals surface area contributed by atoms with Crippen LogP contribution in [0.1, 0.15) is 12.8 Å². The largest absolute Gasteiger partial charge is 0.492 e. The van der Waals surface area contributed by atoms with Crippen molar-refractivity contribution in [1.82, 2.24) is 10.2 Å². The van der Waals surface area contributed by atoms with E-state index in [0.717, 1.165) is 12.3 Å². The molecular weight excluding hydrogens is 279 g/mol. The van der Waals surface area contributed by atoms with Gasteiger partial charge in [0.15, 0.2) is 0 Å². The van der Waals surface area contributed by atoms with Crippen LogP contribution < -0.4 is 10.1 Å². The van der Waals surface area contributed by atoms with E-state index >= 15 is 0 Å². The molecule has 5 heteroatoms. The summed E-state index contributed by atoms with van der Waals surface area (Å²) in [5.74, 6) is 0.528. The van der Waals surface area contributed by atoms with E-state index in [-0.39, 0.29) is 18.2 Å². The van der Waals surface area contributed by atoms with Crippen LogP contribution in [-0.4, -0.2) is 44.2 Å². The minimum absolute atomic E-state index is 0. The molecule has 2 aliphatic heterocycles. The molecule has 0 bridgehead atoms. The van der Waals surface area contributed by atoms with Gasteiger partial charge in [0.05, 0.1) is 0 Å². The molecule has 3 nitrogen and oxygen atoms in total. The molecule has 0 amide bonds. The van der Waals surface area contributed by atoms with E-state index in [9.17, 15) is 4.39 Å². The lowest BCUT2D eigenvalue weighted by Gasteiger charge is -2.22. The lowest BCUT2D eigenvalue weighted by atomic mass is 9.87. The van der Waals surface area contributed by atoms with Crippen LogP contribution in [0.3, 0.4) is 0 Å². The van der Waals surface area contributed by atoms with Crippen molar-refractivity contribution in [3.05, 3.63) is 30.1 Å². The summed E-state index contributed by atoms with van der Waals surface area (Å²) in [6.07, 6.45) is 2.61. The summed E-state index contributed by atoms with van der Waals surface area (Å²) in [7, 11) is 0. The van der Waals surface area contributed by atoms with Crippen molar-refractivity contribution in [2.45, 2.75) is 12.8 Å². The molecule has 1 aromatic rings. The molecule has 3 rings (SSSR count). The van der Waals surface area contributed by atoms with Gasteiger partial charge in [0.1, 0.15) is 18.2 Å². The fraction of sp³-hybridized carbons (Fsp3) is 0.600. The first-order chi connectivity index (χ1) is 9.26. The fourth-order valence-electron chi connectivity index (χ4n) is 3.19. The predicted octanol–water partition coefficient (Wildman–Crippen LogP) is 2.31. The molecule has 0 aromatic heterocycles. The SMILES string of the molecule is Cl.Fc1ccc(OCCN2CCC3(CCNC3)C2)cc1. The Morgan fingerprint density at radius 1 is 1.25 bits per heavy atom. The number of hydrogen-bond acceptors (Lipinski definition) is 3. The first-order valence-corrected chi connectivity index (χ1v) is 7.07. The number of halogens is 2. The van der Waals surface area contributed by atoms with Crippen LogP contribution in [0.2, 0.25) is 0 Å². The maximum Gasteiger partial charge on any atom is 0.123 e. The van der Waals surface area contributed by atoms with Gasteiger partial charge in [0.2, 0.25) is 0 Å². The molecule has 112 valence electrons. The van der Waals surface area contributed by atoms with Crippen LogP contribution in [0.5, 0.6) is 5.75 Å². The van der Waals surface area contributed by atoms with Crippen LogP contribution >= 0.6 is 12.4 Å². The lowest BCUT2D eigenvalue weighted by Crippen LogP contribution is -2.31. The van der Waals surface area contributed by atoms with Crippen LogP contribution in [0.4, 0.5) is 4.39 Å². The average Bonchev–Trinajstić information content (AvgIpc) is 3.03. The Morgan fingerprint density at radius 3 is 2.75 bits per heavy atom. The standard InChI is InChI=1S/C15H21FN2O.ClH/c16-13-1-3-14(4-2-13)19-10-9-18-8-6-15(12-18)5-7-17-11-15;/h1-4,17H,5-12H2;1H. The number of likely N-dealkylation sites (tertiary alicyclic amines) is 1. The van der Waals surface area contributed by atoms with E-state index in [1.165, 1.54) is 51.2 Å². The molecular formula is C15H22ClFN2O. The molecule has 1 N–H and O–H groups in total. The number of nitrogens with one attached hydrogen (secondary N) is 1. The number of benzene rings is 1. The van der Waals surface area contributed by atoms with Crippen LogP contribution in [0, 0.1) is 11.2 Å². The maximum absolute atomic E-state index is 12.8. The zero-order valence-electron chi connectivity index (χ0n) is 11.6. The summed E-state index contributed by atoms with van der Waals surface area (Å²) in [6, 6.07) is 6.23. The highest BCUT2D eigenvalue weighted by molar-refractivity contribution is 5.85. The monoisotopic (exact) mass is 300 g/mol. The molecule has 2 heterocycles. The van der Waals surface area contributed by atoms with E-state index in [4.69, 9.17) is 4.74 Å². The maximum atomic E-state index is 12.8. The van der Waals surface area contributed by atoms with Gasteiger partial charge >= 0.3 is 0 Å². The molecule has 1 aromatic carbocycles. The second kappa shape index (κ2) is 6.74. The minimum Gasteiger partial charge on any atom is -0.492 e. The van der Waals surface area contributed by atoms with E-state index in [1.807, 2.05) is 0 Å². The third-order valence-electron chi connectivity index (χ3n) is 4.34. The summed E-state index contributed by atoms with van der Waals surface area (Å²) >= 11 is 0. The van der Waals surface area contributed by atoms with Gasteiger partial charge in [-0.15, -0.1) is 12.4 Å². The molecule has 0 aliphatic carbocycles. The van der Waals surface area contributed by atoms with Gasteiger partial charge < -0.3 is 10.1 Å². The van der Waals surface area contributed by atoms with E-state index in [1.54, 1.807) is 12.1 Å².